The van der Waals surface area contributed by atoms with Crippen LogP contribution < -0.4 is 11.1 Å². The molecule has 2 heterocycles. The van der Waals surface area contributed by atoms with Gasteiger partial charge in [0.15, 0.2) is 0 Å². The minimum absolute atomic E-state index is 0.635. The lowest BCUT2D eigenvalue weighted by Gasteiger charge is -2.25. The van der Waals surface area contributed by atoms with Crippen molar-refractivity contribution >= 4 is 0 Å². The predicted octanol–water partition coefficient (Wildman–Crippen LogP) is 1.04. The van der Waals surface area contributed by atoms with Gasteiger partial charge in [-0.25, -0.2) is 0 Å². The Morgan fingerprint density at radius 2 is 2.12 bits per heavy atom. The molecule has 3 nitrogen and oxygen atoms in total. The molecule has 2 aliphatic rings. The zero-order valence-electron chi connectivity index (χ0n) is 10.8. The van der Waals surface area contributed by atoms with E-state index in [0.29, 0.717) is 11.8 Å². The predicted molar refractivity (Wildman–Crippen MR) is 68.4 cm³/mol. The maximum Gasteiger partial charge on any atom is 0.0250 e. The Bertz CT molecular complexity index is 217. The van der Waals surface area contributed by atoms with Crippen LogP contribution in [-0.2, 0) is 0 Å². The molecular weight excluding hydrogens is 198 g/mol. The quantitative estimate of drug-likeness (QED) is 0.735. The molecule has 0 spiro atoms. The molecule has 3 unspecified atom stereocenters. The molecule has 2 fully saturated rings. The first-order valence-corrected chi connectivity index (χ1v) is 6.90. The Labute approximate surface area is 99.8 Å². The molecular formula is C13H27N3. The van der Waals surface area contributed by atoms with Crippen LogP contribution in [0.5, 0.6) is 0 Å². The Kier molecular flexibility index (Phi) is 4.22. The fraction of sp³-hybridized carbons (Fsp3) is 1.00. The summed E-state index contributed by atoms with van der Waals surface area (Å²) in [5.74, 6) is 1.33. The largest absolute Gasteiger partial charge is 0.330 e. The van der Waals surface area contributed by atoms with Gasteiger partial charge in [0.1, 0.15) is 0 Å². The molecule has 94 valence electrons. The van der Waals surface area contributed by atoms with Gasteiger partial charge in [0, 0.05) is 18.6 Å². The summed E-state index contributed by atoms with van der Waals surface area (Å²) >= 11 is 0. The van der Waals surface area contributed by atoms with Crippen molar-refractivity contribution < 1.29 is 0 Å². The van der Waals surface area contributed by atoms with Crippen LogP contribution in [0.2, 0.25) is 0 Å². The molecule has 0 aliphatic carbocycles. The summed E-state index contributed by atoms with van der Waals surface area (Å²) < 4.78 is 0. The second-order valence-electron chi connectivity index (χ2n) is 5.79. The lowest BCUT2D eigenvalue weighted by molar-refractivity contribution is 0.283. The van der Waals surface area contributed by atoms with E-state index >= 15 is 0 Å². The van der Waals surface area contributed by atoms with E-state index in [-0.39, 0.29) is 0 Å². The molecule has 16 heavy (non-hydrogen) atoms. The van der Waals surface area contributed by atoms with Crippen LogP contribution in [-0.4, -0.2) is 43.2 Å². The first-order valence-electron chi connectivity index (χ1n) is 6.90. The van der Waals surface area contributed by atoms with E-state index in [4.69, 9.17) is 5.73 Å². The third-order valence-corrected chi connectivity index (χ3v) is 4.49. The van der Waals surface area contributed by atoms with Crippen molar-refractivity contribution in [1.29, 1.82) is 0 Å². The molecule has 3 heteroatoms. The van der Waals surface area contributed by atoms with Gasteiger partial charge in [-0.3, -0.25) is 4.90 Å². The van der Waals surface area contributed by atoms with Crippen molar-refractivity contribution in [3.8, 4) is 0 Å². The molecule has 3 atom stereocenters. The Morgan fingerprint density at radius 3 is 2.81 bits per heavy atom. The van der Waals surface area contributed by atoms with Crippen LogP contribution in [0.25, 0.3) is 0 Å². The van der Waals surface area contributed by atoms with Crippen LogP contribution >= 0.6 is 0 Å². The van der Waals surface area contributed by atoms with E-state index in [1.165, 1.54) is 32.4 Å². The van der Waals surface area contributed by atoms with Gasteiger partial charge in [-0.1, -0.05) is 13.8 Å². The third kappa shape index (κ3) is 2.58. The van der Waals surface area contributed by atoms with Crippen molar-refractivity contribution in [3.63, 3.8) is 0 Å². The van der Waals surface area contributed by atoms with Gasteiger partial charge in [0.2, 0.25) is 0 Å². The highest BCUT2D eigenvalue weighted by molar-refractivity contribution is 4.95. The lowest BCUT2D eigenvalue weighted by atomic mass is 9.95. The first kappa shape index (κ1) is 12.3. The van der Waals surface area contributed by atoms with Crippen molar-refractivity contribution in [2.45, 2.75) is 45.2 Å². The minimum atomic E-state index is 0.635. The fourth-order valence-electron chi connectivity index (χ4n) is 3.21. The van der Waals surface area contributed by atoms with E-state index in [1.54, 1.807) is 0 Å². The molecule has 0 saturated carbocycles. The Balaban J connectivity index is 1.77. The molecule has 0 bridgehead atoms. The average molecular weight is 225 g/mol. The number of nitrogens with two attached hydrogens (primary N) is 1. The maximum absolute atomic E-state index is 5.81. The van der Waals surface area contributed by atoms with E-state index in [9.17, 15) is 0 Å². The van der Waals surface area contributed by atoms with Crippen molar-refractivity contribution in [1.82, 2.24) is 10.2 Å². The molecule has 3 N–H and O–H groups in total. The molecule has 0 radical (unpaired) electrons. The zero-order chi connectivity index (χ0) is 11.5. The molecule has 2 rings (SSSR count). The smallest absolute Gasteiger partial charge is 0.0250 e. The highest BCUT2D eigenvalue weighted by Gasteiger charge is 2.36. The summed E-state index contributed by atoms with van der Waals surface area (Å²) in [6.45, 7) is 9.09. The summed E-state index contributed by atoms with van der Waals surface area (Å²) in [6.07, 6.45) is 4.13. The SMILES string of the molecule is CC(C)C(CN)CNC1CCN2CCCC12. The van der Waals surface area contributed by atoms with Gasteiger partial charge in [-0.05, 0) is 50.7 Å². The first-order chi connectivity index (χ1) is 7.72. The summed E-state index contributed by atoms with van der Waals surface area (Å²) in [7, 11) is 0. The molecule has 0 aromatic rings. The lowest BCUT2D eigenvalue weighted by Crippen LogP contribution is -2.43. The topological polar surface area (TPSA) is 41.3 Å². The summed E-state index contributed by atoms with van der Waals surface area (Å²) in [5.41, 5.74) is 5.81. The standard InChI is InChI=1S/C13H27N3/c1-10(2)11(8-14)9-15-12-5-7-16-6-3-4-13(12)16/h10-13,15H,3-9,14H2,1-2H3. The second-order valence-corrected chi connectivity index (χ2v) is 5.79. The van der Waals surface area contributed by atoms with E-state index in [1.807, 2.05) is 0 Å². The normalized spacial score (nSPS) is 32.2. The second kappa shape index (κ2) is 5.48. The van der Waals surface area contributed by atoms with Gasteiger partial charge in [-0.2, -0.15) is 0 Å². The molecule has 0 aromatic carbocycles. The summed E-state index contributed by atoms with van der Waals surface area (Å²) in [5, 5.41) is 3.76. The van der Waals surface area contributed by atoms with Gasteiger partial charge < -0.3 is 11.1 Å². The van der Waals surface area contributed by atoms with Crippen LogP contribution in [0.3, 0.4) is 0 Å². The van der Waals surface area contributed by atoms with Crippen LogP contribution in [0, 0.1) is 11.8 Å². The van der Waals surface area contributed by atoms with Gasteiger partial charge in [0.05, 0.1) is 0 Å². The van der Waals surface area contributed by atoms with Gasteiger partial charge >= 0.3 is 0 Å². The fourth-order valence-corrected chi connectivity index (χ4v) is 3.21. The van der Waals surface area contributed by atoms with Crippen molar-refractivity contribution in [3.05, 3.63) is 0 Å². The average Bonchev–Trinajstić information content (AvgIpc) is 2.81. The Hall–Kier alpha value is -0.120. The van der Waals surface area contributed by atoms with Crippen molar-refractivity contribution in [2.75, 3.05) is 26.2 Å². The number of hydrogen-bond acceptors (Lipinski definition) is 3. The Morgan fingerprint density at radius 1 is 1.31 bits per heavy atom. The molecule has 0 aromatic heterocycles. The number of hydrogen-bond donors (Lipinski definition) is 2. The monoisotopic (exact) mass is 225 g/mol. The zero-order valence-corrected chi connectivity index (χ0v) is 10.8. The summed E-state index contributed by atoms with van der Waals surface area (Å²) in [4.78, 5) is 2.66. The number of rotatable bonds is 5. The maximum atomic E-state index is 5.81. The number of nitrogens with zero attached hydrogens (tertiary/aromatic N) is 1. The van der Waals surface area contributed by atoms with E-state index in [0.717, 1.165) is 25.2 Å². The van der Waals surface area contributed by atoms with E-state index in [2.05, 4.69) is 24.1 Å². The molecule has 2 saturated heterocycles. The summed E-state index contributed by atoms with van der Waals surface area (Å²) in [6, 6.07) is 1.56. The van der Waals surface area contributed by atoms with Crippen LogP contribution in [0.15, 0.2) is 0 Å². The molecule has 0 amide bonds. The highest BCUT2D eigenvalue weighted by atomic mass is 15.2. The molecule has 2 aliphatic heterocycles. The third-order valence-electron chi connectivity index (χ3n) is 4.49. The number of nitrogens with one attached hydrogen (secondary N) is 1. The number of fused-ring (bicyclic) bond motifs is 1. The van der Waals surface area contributed by atoms with Crippen LogP contribution in [0.1, 0.15) is 33.1 Å². The highest BCUT2D eigenvalue weighted by Crippen LogP contribution is 2.28. The van der Waals surface area contributed by atoms with Gasteiger partial charge in [-0.15, -0.1) is 0 Å². The minimum Gasteiger partial charge on any atom is -0.330 e. The van der Waals surface area contributed by atoms with E-state index < -0.39 is 0 Å². The van der Waals surface area contributed by atoms with Gasteiger partial charge in [0.25, 0.3) is 0 Å². The van der Waals surface area contributed by atoms with Crippen LogP contribution in [0.4, 0.5) is 0 Å². The van der Waals surface area contributed by atoms with Crippen molar-refractivity contribution in [2.24, 2.45) is 17.6 Å².